The van der Waals surface area contributed by atoms with Gasteiger partial charge in [-0.25, -0.2) is 0 Å². The highest BCUT2D eigenvalue weighted by atomic mass is 16.5. The molecule has 3 aromatic rings. The van der Waals surface area contributed by atoms with E-state index in [1.807, 2.05) is 25.1 Å². The van der Waals surface area contributed by atoms with Crippen LogP contribution in [0.5, 0.6) is 11.5 Å². The van der Waals surface area contributed by atoms with Gasteiger partial charge < -0.3 is 19.6 Å². The average Bonchev–Trinajstić information content (AvgIpc) is 3.30. The summed E-state index contributed by atoms with van der Waals surface area (Å²) in [5, 5.41) is 15.6. The number of phenolic OH excluding ortho intramolecular Hbond substituents is 1. The lowest BCUT2D eigenvalue weighted by Crippen LogP contribution is -2.37. The van der Waals surface area contributed by atoms with Crippen molar-refractivity contribution < 1.29 is 23.8 Å². The fourth-order valence-corrected chi connectivity index (χ4v) is 3.35. The lowest BCUT2D eigenvalue weighted by atomic mass is 9.92. The number of carbonyl (C=O) groups excluding carboxylic acids is 2. The van der Waals surface area contributed by atoms with E-state index in [1.54, 1.807) is 43.0 Å². The highest BCUT2D eigenvalue weighted by molar-refractivity contribution is 6.31. The molecule has 1 aliphatic heterocycles. The summed E-state index contributed by atoms with van der Waals surface area (Å²) in [6.45, 7) is 2.91. The van der Waals surface area contributed by atoms with Gasteiger partial charge in [-0.3, -0.25) is 14.9 Å². The van der Waals surface area contributed by atoms with E-state index in [9.17, 15) is 14.7 Å². The van der Waals surface area contributed by atoms with Gasteiger partial charge in [0.2, 0.25) is 0 Å². The molecule has 1 aliphatic rings. The predicted octanol–water partition coefficient (Wildman–Crippen LogP) is 3.84. The maximum Gasteiger partial charge on any atom is 0.260 e. The number of amides is 2. The Morgan fingerprint density at radius 3 is 2.68 bits per heavy atom. The van der Waals surface area contributed by atoms with Crippen molar-refractivity contribution in [3.8, 4) is 22.6 Å². The zero-order valence-electron chi connectivity index (χ0n) is 17.0. The fraction of sp³-hybridized carbons (Fsp3) is 0.167. The number of ether oxygens (including phenoxy) is 1. The number of benzene rings is 2. The lowest BCUT2D eigenvalue weighted by Gasteiger charge is -2.19. The molecular formula is C24H22N2O5. The number of fused-ring (bicyclic) bond motifs is 1. The van der Waals surface area contributed by atoms with Gasteiger partial charge in [0.25, 0.3) is 11.8 Å². The molecule has 0 fully saturated rings. The number of nitrogens with one attached hydrogen (secondary N) is 2. The van der Waals surface area contributed by atoms with Gasteiger partial charge in [-0.05, 0) is 47.9 Å². The predicted molar refractivity (Wildman–Crippen MR) is 115 cm³/mol. The van der Waals surface area contributed by atoms with E-state index in [0.29, 0.717) is 35.6 Å². The molecule has 0 unspecified atom stereocenters. The number of furan rings is 1. The molecule has 7 heteroatoms. The molecule has 0 spiro atoms. The SMILES string of the molecule is CCCOc1ccc(CN/C=C2\C(=O)NC(=O)c3ccc(-c4ccoc4)cc32)cc1O. The van der Waals surface area contributed by atoms with Crippen LogP contribution in [-0.2, 0) is 11.3 Å². The molecule has 2 heterocycles. The lowest BCUT2D eigenvalue weighted by molar-refractivity contribution is -0.114. The summed E-state index contributed by atoms with van der Waals surface area (Å²) in [5.74, 6) is -0.393. The Kier molecular flexibility index (Phi) is 5.75. The Bertz CT molecular complexity index is 1150. The van der Waals surface area contributed by atoms with Gasteiger partial charge in [0.1, 0.15) is 0 Å². The number of rotatable bonds is 7. The number of hydrogen-bond donors (Lipinski definition) is 3. The molecule has 7 nitrogen and oxygen atoms in total. The maximum absolute atomic E-state index is 12.5. The molecule has 4 rings (SSSR count). The van der Waals surface area contributed by atoms with Crippen LogP contribution < -0.4 is 15.4 Å². The standard InChI is InChI=1S/C24H22N2O5/c1-2-8-31-22-6-3-15(10-21(22)27)12-25-13-20-19-11-16(17-7-9-30-14-17)4-5-18(19)23(28)26-24(20)29/h3-7,9-11,13-14,25,27H,2,8,12H2,1H3,(H,26,28,29)/b20-13-. The number of carbonyl (C=O) groups is 2. The monoisotopic (exact) mass is 418 g/mol. The third-order valence-corrected chi connectivity index (χ3v) is 4.92. The van der Waals surface area contributed by atoms with Crippen molar-refractivity contribution in [2.75, 3.05) is 6.61 Å². The minimum atomic E-state index is -0.472. The molecule has 0 aliphatic carbocycles. The summed E-state index contributed by atoms with van der Waals surface area (Å²) in [6, 6.07) is 12.3. The largest absolute Gasteiger partial charge is 0.504 e. The summed E-state index contributed by atoms with van der Waals surface area (Å²) in [4.78, 5) is 24.7. The first kappa shape index (κ1) is 20.3. The van der Waals surface area contributed by atoms with Crippen LogP contribution in [0.3, 0.4) is 0 Å². The van der Waals surface area contributed by atoms with Gasteiger partial charge in [0.05, 0.1) is 24.7 Å². The van der Waals surface area contributed by atoms with E-state index >= 15 is 0 Å². The van der Waals surface area contributed by atoms with Crippen LogP contribution in [-0.4, -0.2) is 23.5 Å². The first-order valence-corrected chi connectivity index (χ1v) is 9.97. The van der Waals surface area contributed by atoms with Crippen molar-refractivity contribution in [2.24, 2.45) is 0 Å². The van der Waals surface area contributed by atoms with Gasteiger partial charge in [-0.2, -0.15) is 0 Å². The van der Waals surface area contributed by atoms with Crippen molar-refractivity contribution in [2.45, 2.75) is 19.9 Å². The van der Waals surface area contributed by atoms with Crippen molar-refractivity contribution >= 4 is 17.4 Å². The van der Waals surface area contributed by atoms with E-state index in [0.717, 1.165) is 23.1 Å². The normalized spacial score (nSPS) is 14.3. The maximum atomic E-state index is 12.5. The second-order valence-electron chi connectivity index (χ2n) is 7.15. The molecule has 2 amide bonds. The van der Waals surface area contributed by atoms with Gasteiger partial charge in [-0.15, -0.1) is 0 Å². The highest BCUT2D eigenvalue weighted by Gasteiger charge is 2.27. The van der Waals surface area contributed by atoms with E-state index in [1.165, 1.54) is 0 Å². The first-order valence-electron chi connectivity index (χ1n) is 9.97. The summed E-state index contributed by atoms with van der Waals surface area (Å²) >= 11 is 0. The smallest absolute Gasteiger partial charge is 0.260 e. The molecule has 3 N–H and O–H groups in total. The van der Waals surface area contributed by atoms with Crippen LogP contribution in [0, 0.1) is 0 Å². The molecule has 0 saturated carbocycles. The van der Waals surface area contributed by atoms with Gasteiger partial charge >= 0.3 is 0 Å². The Balaban J connectivity index is 1.56. The second-order valence-corrected chi connectivity index (χ2v) is 7.15. The zero-order valence-corrected chi connectivity index (χ0v) is 17.0. The molecular weight excluding hydrogens is 396 g/mol. The van der Waals surface area contributed by atoms with Crippen molar-refractivity contribution in [1.29, 1.82) is 0 Å². The van der Waals surface area contributed by atoms with Crippen LogP contribution >= 0.6 is 0 Å². The van der Waals surface area contributed by atoms with Crippen molar-refractivity contribution in [3.05, 3.63) is 77.9 Å². The number of phenols is 1. The Hall–Kier alpha value is -4.00. The first-order chi connectivity index (χ1) is 15.1. The summed E-state index contributed by atoms with van der Waals surface area (Å²) < 4.78 is 10.6. The van der Waals surface area contributed by atoms with E-state index in [-0.39, 0.29) is 5.75 Å². The summed E-state index contributed by atoms with van der Waals surface area (Å²) in [5.41, 5.74) is 3.84. The van der Waals surface area contributed by atoms with Gasteiger partial charge in [0, 0.05) is 29.4 Å². The van der Waals surface area contributed by atoms with Crippen molar-refractivity contribution in [3.63, 3.8) is 0 Å². The minimum Gasteiger partial charge on any atom is -0.504 e. The van der Waals surface area contributed by atoms with Crippen LogP contribution in [0.25, 0.3) is 16.7 Å². The third-order valence-electron chi connectivity index (χ3n) is 4.92. The van der Waals surface area contributed by atoms with Crippen LogP contribution in [0.1, 0.15) is 34.8 Å². The number of imide groups is 1. The van der Waals surface area contributed by atoms with E-state index in [4.69, 9.17) is 9.15 Å². The highest BCUT2D eigenvalue weighted by Crippen LogP contribution is 2.30. The number of hydrogen-bond acceptors (Lipinski definition) is 6. The second kappa shape index (κ2) is 8.79. The zero-order chi connectivity index (χ0) is 21.8. The minimum absolute atomic E-state index is 0.0662. The van der Waals surface area contributed by atoms with E-state index in [2.05, 4.69) is 10.6 Å². The van der Waals surface area contributed by atoms with Crippen LogP contribution in [0.2, 0.25) is 0 Å². The van der Waals surface area contributed by atoms with Crippen molar-refractivity contribution in [1.82, 2.24) is 10.6 Å². The average molecular weight is 418 g/mol. The molecule has 0 saturated heterocycles. The molecule has 2 aromatic carbocycles. The van der Waals surface area contributed by atoms with Gasteiger partial charge in [0.15, 0.2) is 11.5 Å². The van der Waals surface area contributed by atoms with Crippen LogP contribution in [0.15, 0.2) is 65.6 Å². The third kappa shape index (κ3) is 4.30. The quantitative estimate of drug-likeness (QED) is 0.398. The Morgan fingerprint density at radius 1 is 1.06 bits per heavy atom. The summed E-state index contributed by atoms with van der Waals surface area (Å²) in [7, 11) is 0. The van der Waals surface area contributed by atoms with Crippen LogP contribution in [0.4, 0.5) is 0 Å². The molecule has 0 radical (unpaired) electrons. The fourth-order valence-electron chi connectivity index (χ4n) is 3.35. The van der Waals surface area contributed by atoms with Gasteiger partial charge in [-0.1, -0.05) is 19.1 Å². The molecule has 0 atom stereocenters. The summed E-state index contributed by atoms with van der Waals surface area (Å²) in [6.07, 6.45) is 5.61. The topological polar surface area (TPSA) is 101 Å². The Labute approximate surface area is 179 Å². The Morgan fingerprint density at radius 2 is 1.94 bits per heavy atom. The molecule has 1 aromatic heterocycles. The molecule has 158 valence electrons. The molecule has 0 bridgehead atoms. The molecule has 31 heavy (non-hydrogen) atoms. The number of aromatic hydroxyl groups is 1. The van der Waals surface area contributed by atoms with E-state index < -0.39 is 11.8 Å².